The Kier molecular flexibility index (Phi) is 39.9. The first-order chi connectivity index (χ1) is 33.6. The minimum Gasteiger partial charge on any atom is -0.479 e. The van der Waals surface area contributed by atoms with Gasteiger partial charge in [0.1, 0.15) is 18.8 Å². The minimum absolute atomic E-state index is 0.0756. The Bertz CT molecular complexity index is 1660. The predicted octanol–water partition coefficient (Wildman–Crippen LogP) is 12.1. The first-order valence-electron chi connectivity index (χ1n) is 25.5. The van der Waals surface area contributed by atoms with Crippen molar-refractivity contribution in [3.05, 3.63) is 122 Å². The molecule has 0 aromatic rings. The second-order valence-electron chi connectivity index (χ2n) is 16.7. The number of carbonyl (C=O) groups excluding carboxylic acids is 3. The van der Waals surface area contributed by atoms with Crippen molar-refractivity contribution in [2.45, 2.75) is 199 Å². The molecule has 6 atom stereocenters. The maximum atomic E-state index is 13.1. The SMILES string of the molecule is CC/C=C\C/C=C\C/C=C\C/C=C\CCC(=O)OCC(COC1OC(C(=O)O)C(O)C(O)C1OC(=O)CC/C=C\C/C=C\C/C=C\C/C=C\CC)OC(=O)CCCCCCC/C=C\C/C=C\CCC. The van der Waals surface area contributed by atoms with Gasteiger partial charge < -0.3 is 39.0 Å². The summed E-state index contributed by atoms with van der Waals surface area (Å²) in [4.78, 5) is 50.7. The van der Waals surface area contributed by atoms with Crippen LogP contribution < -0.4 is 0 Å². The van der Waals surface area contributed by atoms with Crippen LogP contribution >= 0.6 is 0 Å². The molecule has 12 heteroatoms. The molecule has 12 nitrogen and oxygen atoms in total. The fourth-order valence-electron chi connectivity index (χ4n) is 6.67. The van der Waals surface area contributed by atoms with Gasteiger partial charge in [-0.25, -0.2) is 4.79 Å². The molecule has 3 N–H and O–H groups in total. The van der Waals surface area contributed by atoms with Crippen LogP contribution in [0.4, 0.5) is 0 Å². The molecular weight excluding hydrogens is 877 g/mol. The summed E-state index contributed by atoms with van der Waals surface area (Å²) in [6.45, 7) is 5.53. The molecule has 0 aliphatic carbocycles. The van der Waals surface area contributed by atoms with Crippen LogP contribution in [0, 0.1) is 0 Å². The molecule has 1 rings (SSSR count). The van der Waals surface area contributed by atoms with Gasteiger partial charge in [-0.3, -0.25) is 14.4 Å². The summed E-state index contributed by atoms with van der Waals surface area (Å²) in [6.07, 6.45) is 48.0. The molecule has 0 saturated carbocycles. The number of esters is 3. The van der Waals surface area contributed by atoms with Crippen molar-refractivity contribution in [2.75, 3.05) is 13.2 Å². The molecule has 1 saturated heterocycles. The van der Waals surface area contributed by atoms with E-state index >= 15 is 0 Å². The van der Waals surface area contributed by atoms with Crippen LogP contribution in [-0.2, 0) is 42.9 Å². The lowest BCUT2D eigenvalue weighted by molar-refractivity contribution is -0.301. The highest BCUT2D eigenvalue weighted by Crippen LogP contribution is 2.26. The molecule has 69 heavy (non-hydrogen) atoms. The Hall–Kier alpha value is -4.88. The van der Waals surface area contributed by atoms with Crippen LogP contribution in [-0.4, -0.2) is 89.2 Å². The van der Waals surface area contributed by atoms with E-state index in [0.717, 1.165) is 96.3 Å². The van der Waals surface area contributed by atoms with E-state index in [1.54, 1.807) is 0 Å². The molecule has 1 heterocycles. The highest BCUT2D eigenvalue weighted by atomic mass is 16.7. The smallest absolute Gasteiger partial charge is 0.335 e. The monoisotopic (exact) mass is 963 g/mol. The number of unbranched alkanes of at least 4 members (excludes halogenated alkanes) is 6. The summed E-state index contributed by atoms with van der Waals surface area (Å²) < 4.78 is 28.1. The molecule has 6 unspecified atom stereocenters. The first-order valence-corrected chi connectivity index (χ1v) is 25.5. The summed E-state index contributed by atoms with van der Waals surface area (Å²) in [5.41, 5.74) is 0. The zero-order chi connectivity index (χ0) is 50.4. The molecule has 0 amide bonds. The van der Waals surface area contributed by atoms with Gasteiger partial charge in [0, 0.05) is 19.3 Å². The van der Waals surface area contributed by atoms with Crippen molar-refractivity contribution in [1.29, 1.82) is 0 Å². The van der Waals surface area contributed by atoms with E-state index < -0.39 is 67.3 Å². The van der Waals surface area contributed by atoms with Crippen molar-refractivity contribution < 1.29 is 58.2 Å². The maximum absolute atomic E-state index is 13.1. The zero-order valence-electron chi connectivity index (χ0n) is 42.0. The van der Waals surface area contributed by atoms with E-state index in [0.29, 0.717) is 25.7 Å². The highest BCUT2D eigenvalue weighted by molar-refractivity contribution is 5.74. The molecule has 0 aromatic carbocycles. The summed E-state index contributed by atoms with van der Waals surface area (Å²) in [5, 5.41) is 31.3. The molecule has 1 aliphatic rings. The van der Waals surface area contributed by atoms with Gasteiger partial charge in [0.05, 0.1) is 6.61 Å². The Balaban J connectivity index is 2.85. The number of carbonyl (C=O) groups is 4. The Morgan fingerprint density at radius 1 is 0.493 bits per heavy atom. The number of carboxylic acid groups (broad SMARTS) is 1. The van der Waals surface area contributed by atoms with E-state index in [2.05, 4.69) is 112 Å². The summed E-state index contributed by atoms with van der Waals surface area (Å²) in [5.74, 6) is -3.38. The molecular formula is C57H86O12. The van der Waals surface area contributed by atoms with Gasteiger partial charge in [-0.05, 0) is 96.3 Å². The topological polar surface area (TPSA) is 175 Å². The highest BCUT2D eigenvalue weighted by Gasteiger charge is 2.50. The van der Waals surface area contributed by atoms with E-state index in [4.69, 9.17) is 23.7 Å². The van der Waals surface area contributed by atoms with Crippen molar-refractivity contribution in [3.8, 4) is 0 Å². The fraction of sp³-hybridized carbons (Fsp3) is 0.579. The summed E-state index contributed by atoms with van der Waals surface area (Å²) >= 11 is 0. The predicted molar refractivity (Wildman–Crippen MR) is 275 cm³/mol. The van der Waals surface area contributed by atoms with Crippen LogP contribution in [0.1, 0.15) is 162 Å². The average Bonchev–Trinajstić information content (AvgIpc) is 3.33. The lowest BCUT2D eigenvalue weighted by Crippen LogP contribution is -2.61. The van der Waals surface area contributed by atoms with Crippen LogP contribution in [0.2, 0.25) is 0 Å². The van der Waals surface area contributed by atoms with Gasteiger partial charge in [-0.2, -0.15) is 0 Å². The lowest BCUT2D eigenvalue weighted by Gasteiger charge is -2.40. The third-order valence-corrected chi connectivity index (χ3v) is 10.5. The number of hydrogen-bond acceptors (Lipinski definition) is 11. The molecule has 1 aliphatic heterocycles. The third-order valence-electron chi connectivity index (χ3n) is 10.5. The molecule has 0 spiro atoms. The number of hydrogen-bond donors (Lipinski definition) is 3. The number of carboxylic acids is 1. The van der Waals surface area contributed by atoms with E-state index in [-0.39, 0.29) is 25.9 Å². The fourth-order valence-corrected chi connectivity index (χ4v) is 6.67. The second-order valence-corrected chi connectivity index (χ2v) is 16.7. The van der Waals surface area contributed by atoms with Crippen LogP contribution in [0.25, 0.3) is 0 Å². The van der Waals surface area contributed by atoms with Gasteiger partial charge in [-0.1, -0.05) is 168 Å². The normalized spacial score (nSPS) is 19.7. The number of aliphatic hydroxyl groups is 2. The van der Waals surface area contributed by atoms with Gasteiger partial charge in [0.2, 0.25) is 0 Å². The van der Waals surface area contributed by atoms with Crippen LogP contribution in [0.3, 0.4) is 0 Å². The van der Waals surface area contributed by atoms with Crippen molar-refractivity contribution in [3.63, 3.8) is 0 Å². The van der Waals surface area contributed by atoms with Crippen molar-refractivity contribution in [2.24, 2.45) is 0 Å². The Morgan fingerprint density at radius 2 is 0.942 bits per heavy atom. The molecule has 0 bridgehead atoms. The standard InChI is InChI=1S/C57H86O12/c1-4-7-10-13-16-19-22-25-28-31-34-37-40-43-49(58)65-46-48(67-50(59)44-41-38-35-32-29-26-23-20-17-14-11-8-5-2)47-66-57-55(53(62)52(61)54(69-57)56(63)64)68-51(60)45-42-39-36-33-30-27-24-21-18-15-12-9-6-3/h7,9-12,14,16,18-21,23,25,27-28,30,34,36-37,39,48,52-55,57,61-62H,4-6,8,13,15,17,22,24,26,29,31-33,35,38,40-47H2,1-3H3,(H,63,64)/b10-7-,12-9-,14-11-,19-16-,21-18-,23-20-,28-25-,30-27-,37-34-,39-36-. The molecule has 0 aromatic heterocycles. The zero-order valence-corrected chi connectivity index (χ0v) is 42.0. The van der Waals surface area contributed by atoms with Gasteiger partial charge in [-0.15, -0.1) is 0 Å². The van der Waals surface area contributed by atoms with Gasteiger partial charge in [0.15, 0.2) is 24.6 Å². The van der Waals surface area contributed by atoms with Gasteiger partial charge >= 0.3 is 23.9 Å². The minimum atomic E-state index is -1.94. The average molecular weight is 963 g/mol. The quantitative estimate of drug-likeness (QED) is 0.0230. The largest absolute Gasteiger partial charge is 0.479 e. The first kappa shape index (κ1) is 62.1. The van der Waals surface area contributed by atoms with Gasteiger partial charge in [0.25, 0.3) is 0 Å². The third kappa shape index (κ3) is 35.0. The molecule has 0 radical (unpaired) electrons. The van der Waals surface area contributed by atoms with E-state index in [1.165, 1.54) is 0 Å². The van der Waals surface area contributed by atoms with Crippen molar-refractivity contribution in [1.82, 2.24) is 0 Å². The lowest BCUT2D eigenvalue weighted by atomic mass is 9.98. The summed E-state index contributed by atoms with van der Waals surface area (Å²) in [7, 11) is 0. The Morgan fingerprint density at radius 3 is 1.45 bits per heavy atom. The van der Waals surface area contributed by atoms with E-state index in [9.17, 15) is 34.5 Å². The maximum Gasteiger partial charge on any atom is 0.335 e. The van der Waals surface area contributed by atoms with E-state index in [1.807, 2.05) is 30.4 Å². The summed E-state index contributed by atoms with van der Waals surface area (Å²) in [6, 6.07) is 0. The van der Waals surface area contributed by atoms with Crippen LogP contribution in [0.5, 0.6) is 0 Å². The Labute approximate surface area is 414 Å². The molecule has 386 valence electrons. The number of allylic oxidation sites excluding steroid dienone is 20. The van der Waals surface area contributed by atoms with Crippen molar-refractivity contribution >= 4 is 23.9 Å². The number of ether oxygens (including phenoxy) is 5. The number of aliphatic carboxylic acids is 1. The number of aliphatic hydroxyl groups excluding tert-OH is 2. The second kappa shape index (κ2) is 44.3. The van der Waals surface area contributed by atoms with Crippen LogP contribution in [0.15, 0.2) is 122 Å². The molecule has 1 fully saturated rings. The number of rotatable bonds is 40.